The van der Waals surface area contributed by atoms with Crippen LogP contribution in [0.1, 0.15) is 32.6 Å². The molecule has 0 aromatic heterocycles. The number of nitrogens with two attached hydrogens (primary N) is 1. The third-order valence-corrected chi connectivity index (χ3v) is 3.73. The maximum atomic E-state index is 5.56. The summed E-state index contributed by atoms with van der Waals surface area (Å²) < 4.78 is 0. The molecule has 3 N–H and O–H groups in total. The molecule has 0 radical (unpaired) electrons. The van der Waals surface area contributed by atoms with Crippen LogP contribution in [0.15, 0.2) is 4.99 Å². The molecule has 2 aliphatic rings. The van der Waals surface area contributed by atoms with E-state index in [1.807, 2.05) is 0 Å². The summed E-state index contributed by atoms with van der Waals surface area (Å²) in [6.07, 6.45) is 5.03. The van der Waals surface area contributed by atoms with Gasteiger partial charge in [0.1, 0.15) is 0 Å². The van der Waals surface area contributed by atoms with E-state index in [1.165, 1.54) is 32.4 Å². The van der Waals surface area contributed by atoms with Gasteiger partial charge in [0.15, 0.2) is 0 Å². The highest BCUT2D eigenvalue weighted by Crippen LogP contribution is 2.20. The van der Waals surface area contributed by atoms with Gasteiger partial charge in [-0.25, -0.2) is 5.84 Å². The van der Waals surface area contributed by atoms with E-state index in [4.69, 9.17) is 5.84 Å². The fourth-order valence-electron chi connectivity index (χ4n) is 2.79. The van der Waals surface area contributed by atoms with Crippen molar-refractivity contribution in [3.63, 3.8) is 0 Å². The van der Waals surface area contributed by atoms with Crippen molar-refractivity contribution in [3.05, 3.63) is 0 Å². The smallest absolute Gasteiger partial charge is 0.208 e. The van der Waals surface area contributed by atoms with Crippen LogP contribution in [-0.4, -0.2) is 54.5 Å². The molecule has 2 aliphatic heterocycles. The number of nitrogens with one attached hydrogen (secondary N) is 1. The van der Waals surface area contributed by atoms with E-state index >= 15 is 0 Å². The minimum Gasteiger partial charge on any atom is -0.340 e. The normalized spacial score (nSPS) is 26.8. The van der Waals surface area contributed by atoms with E-state index in [-0.39, 0.29) is 0 Å². The third-order valence-electron chi connectivity index (χ3n) is 3.73. The maximum absolute atomic E-state index is 5.56. The number of likely N-dealkylation sites (tertiary alicyclic amines) is 2. The Bertz CT molecular complexity index is 260. The molecule has 0 aromatic carbocycles. The van der Waals surface area contributed by atoms with Gasteiger partial charge in [-0.05, 0) is 38.8 Å². The molecule has 5 heteroatoms. The molecule has 1 unspecified atom stereocenters. The first-order valence-corrected chi connectivity index (χ1v) is 6.85. The molecule has 0 spiro atoms. The number of guanidine groups is 1. The SMILES string of the molecule is CCCN=C(NN)N1CCC(N2CCCC2)C1. The van der Waals surface area contributed by atoms with Crippen molar-refractivity contribution in [3.8, 4) is 0 Å². The van der Waals surface area contributed by atoms with Crippen molar-refractivity contribution in [2.24, 2.45) is 10.8 Å². The monoisotopic (exact) mass is 239 g/mol. The molecule has 0 saturated carbocycles. The van der Waals surface area contributed by atoms with Gasteiger partial charge in [-0.2, -0.15) is 0 Å². The molecule has 98 valence electrons. The van der Waals surface area contributed by atoms with Gasteiger partial charge < -0.3 is 4.90 Å². The summed E-state index contributed by atoms with van der Waals surface area (Å²) in [5.41, 5.74) is 2.75. The molecular weight excluding hydrogens is 214 g/mol. The Morgan fingerprint density at radius 3 is 2.76 bits per heavy atom. The Balaban J connectivity index is 1.87. The van der Waals surface area contributed by atoms with Crippen LogP contribution in [0.25, 0.3) is 0 Å². The summed E-state index contributed by atoms with van der Waals surface area (Å²) >= 11 is 0. The van der Waals surface area contributed by atoms with Gasteiger partial charge in [0.05, 0.1) is 0 Å². The van der Waals surface area contributed by atoms with Gasteiger partial charge in [-0.3, -0.25) is 15.3 Å². The maximum Gasteiger partial charge on any atom is 0.208 e. The van der Waals surface area contributed by atoms with Gasteiger partial charge in [-0.1, -0.05) is 6.92 Å². The average Bonchev–Trinajstić information content (AvgIpc) is 3.00. The highest BCUT2D eigenvalue weighted by atomic mass is 15.4. The number of rotatable bonds is 3. The number of nitrogens with zero attached hydrogens (tertiary/aromatic N) is 3. The van der Waals surface area contributed by atoms with Gasteiger partial charge in [0, 0.05) is 25.7 Å². The van der Waals surface area contributed by atoms with Crippen LogP contribution in [-0.2, 0) is 0 Å². The minimum atomic E-state index is 0.706. The van der Waals surface area contributed by atoms with Gasteiger partial charge in [0.25, 0.3) is 0 Å². The van der Waals surface area contributed by atoms with Gasteiger partial charge in [-0.15, -0.1) is 0 Å². The lowest BCUT2D eigenvalue weighted by molar-refractivity contribution is 0.249. The van der Waals surface area contributed by atoms with Crippen LogP contribution in [0.2, 0.25) is 0 Å². The second kappa shape index (κ2) is 6.21. The van der Waals surface area contributed by atoms with Crippen LogP contribution in [0.5, 0.6) is 0 Å². The fourth-order valence-corrected chi connectivity index (χ4v) is 2.79. The van der Waals surface area contributed by atoms with E-state index in [0.29, 0.717) is 6.04 Å². The molecule has 1 atom stereocenters. The van der Waals surface area contributed by atoms with Gasteiger partial charge >= 0.3 is 0 Å². The molecule has 2 fully saturated rings. The quantitative estimate of drug-likeness (QED) is 0.324. The summed E-state index contributed by atoms with van der Waals surface area (Å²) in [6, 6.07) is 0.706. The van der Waals surface area contributed by atoms with Crippen molar-refractivity contribution in [1.29, 1.82) is 0 Å². The minimum absolute atomic E-state index is 0.706. The van der Waals surface area contributed by atoms with Crippen LogP contribution >= 0.6 is 0 Å². The van der Waals surface area contributed by atoms with Crippen molar-refractivity contribution in [2.75, 3.05) is 32.7 Å². The second-order valence-corrected chi connectivity index (χ2v) is 4.98. The van der Waals surface area contributed by atoms with Crippen molar-refractivity contribution < 1.29 is 0 Å². The zero-order chi connectivity index (χ0) is 12.1. The van der Waals surface area contributed by atoms with E-state index in [9.17, 15) is 0 Å². The molecule has 0 amide bonds. The summed E-state index contributed by atoms with van der Waals surface area (Å²) in [4.78, 5) is 9.40. The first-order chi connectivity index (χ1) is 8.35. The Kier molecular flexibility index (Phi) is 4.62. The third kappa shape index (κ3) is 3.10. The van der Waals surface area contributed by atoms with Crippen LogP contribution in [0, 0.1) is 0 Å². The first-order valence-electron chi connectivity index (χ1n) is 6.85. The number of hydrazine groups is 1. The topological polar surface area (TPSA) is 56.9 Å². The van der Waals surface area contributed by atoms with E-state index in [0.717, 1.165) is 32.0 Å². The van der Waals surface area contributed by atoms with E-state index in [1.54, 1.807) is 0 Å². The highest BCUT2D eigenvalue weighted by Gasteiger charge is 2.30. The van der Waals surface area contributed by atoms with Crippen LogP contribution in [0.4, 0.5) is 0 Å². The molecule has 2 heterocycles. The fraction of sp³-hybridized carbons (Fsp3) is 0.917. The lowest BCUT2D eigenvalue weighted by Crippen LogP contribution is -2.45. The predicted octanol–water partition coefficient (Wildman–Crippen LogP) is 0.386. The summed E-state index contributed by atoms with van der Waals surface area (Å²) in [5.74, 6) is 6.43. The Morgan fingerprint density at radius 2 is 2.12 bits per heavy atom. The van der Waals surface area contributed by atoms with Crippen molar-refractivity contribution >= 4 is 5.96 Å². The molecular formula is C12H25N5. The standard InChI is InChI=1S/C12H25N5/c1-2-6-14-12(15-13)17-9-5-11(10-17)16-7-3-4-8-16/h11H,2-10,13H2,1H3,(H,14,15). The first kappa shape index (κ1) is 12.6. The number of hydrogen-bond acceptors (Lipinski definition) is 3. The van der Waals surface area contributed by atoms with E-state index < -0.39 is 0 Å². The summed E-state index contributed by atoms with van der Waals surface area (Å²) in [6.45, 7) is 7.69. The Labute approximate surface area is 104 Å². The average molecular weight is 239 g/mol. The molecule has 5 nitrogen and oxygen atoms in total. The zero-order valence-corrected chi connectivity index (χ0v) is 10.9. The molecule has 0 aromatic rings. The second-order valence-electron chi connectivity index (χ2n) is 4.98. The zero-order valence-electron chi connectivity index (χ0n) is 10.9. The molecule has 0 aliphatic carbocycles. The largest absolute Gasteiger partial charge is 0.340 e. The van der Waals surface area contributed by atoms with E-state index in [2.05, 4.69) is 27.1 Å². The molecule has 2 saturated heterocycles. The highest BCUT2D eigenvalue weighted by molar-refractivity contribution is 5.79. The lowest BCUT2D eigenvalue weighted by Gasteiger charge is -2.24. The summed E-state index contributed by atoms with van der Waals surface area (Å²) in [5, 5.41) is 0. The van der Waals surface area contributed by atoms with Crippen LogP contribution < -0.4 is 11.3 Å². The van der Waals surface area contributed by atoms with Crippen molar-refractivity contribution in [1.82, 2.24) is 15.2 Å². The summed E-state index contributed by atoms with van der Waals surface area (Å²) in [7, 11) is 0. The molecule has 2 rings (SSSR count). The van der Waals surface area contributed by atoms with Crippen LogP contribution in [0.3, 0.4) is 0 Å². The molecule has 0 bridgehead atoms. The number of aliphatic imine (C=N–C) groups is 1. The van der Waals surface area contributed by atoms with Crippen molar-refractivity contribution in [2.45, 2.75) is 38.6 Å². The number of hydrogen-bond donors (Lipinski definition) is 2. The Hall–Kier alpha value is -0.810. The lowest BCUT2D eigenvalue weighted by atomic mass is 10.2. The van der Waals surface area contributed by atoms with Gasteiger partial charge in [0.2, 0.25) is 5.96 Å². The predicted molar refractivity (Wildman–Crippen MR) is 70.7 cm³/mol. The molecule has 17 heavy (non-hydrogen) atoms. The Morgan fingerprint density at radius 1 is 1.35 bits per heavy atom.